The van der Waals surface area contributed by atoms with E-state index in [9.17, 15) is 9.18 Å². The van der Waals surface area contributed by atoms with Crippen LogP contribution in [0.15, 0.2) is 52.0 Å². The number of nitrogens with zero attached hydrogens (tertiary/aromatic N) is 1. The molecular formula is C18H18ClFN4O2. The highest BCUT2D eigenvalue weighted by atomic mass is 35.5. The van der Waals surface area contributed by atoms with Gasteiger partial charge in [0.2, 0.25) is 5.56 Å². The van der Waals surface area contributed by atoms with Crippen molar-refractivity contribution < 1.29 is 9.13 Å². The average molecular weight is 377 g/mol. The summed E-state index contributed by atoms with van der Waals surface area (Å²) in [4.78, 5) is 18.4. The topological polar surface area (TPSA) is 78.5 Å². The number of allylic oxidation sites excluding steroid dienone is 1. The lowest BCUT2D eigenvalue weighted by atomic mass is 10.0. The number of aliphatic imine (C=N–C) groups is 1. The van der Waals surface area contributed by atoms with E-state index in [4.69, 9.17) is 16.3 Å². The van der Waals surface area contributed by atoms with E-state index in [1.807, 2.05) is 6.92 Å². The fourth-order valence-corrected chi connectivity index (χ4v) is 3.05. The van der Waals surface area contributed by atoms with E-state index in [0.717, 1.165) is 0 Å². The van der Waals surface area contributed by atoms with E-state index in [2.05, 4.69) is 20.6 Å². The molecule has 1 atom stereocenters. The summed E-state index contributed by atoms with van der Waals surface area (Å²) in [7, 11) is 1.41. The molecular weight excluding hydrogens is 359 g/mol. The minimum Gasteiger partial charge on any atom is -0.382 e. The zero-order valence-electron chi connectivity index (χ0n) is 14.3. The van der Waals surface area contributed by atoms with E-state index in [1.165, 1.54) is 25.3 Å². The molecule has 0 bridgehead atoms. The molecule has 0 amide bonds. The van der Waals surface area contributed by atoms with E-state index in [1.54, 1.807) is 24.5 Å². The molecule has 1 unspecified atom stereocenters. The first-order valence-electron chi connectivity index (χ1n) is 8.01. The van der Waals surface area contributed by atoms with Gasteiger partial charge in [-0.15, -0.1) is 0 Å². The second kappa shape index (κ2) is 7.31. The predicted molar refractivity (Wildman–Crippen MR) is 99.4 cm³/mol. The Bertz CT molecular complexity index is 900. The monoisotopic (exact) mass is 376 g/mol. The van der Waals surface area contributed by atoms with Gasteiger partial charge in [-0.05, 0) is 25.1 Å². The molecule has 3 N–H and O–H groups in total. The number of methoxy groups -OCH3 is 1. The van der Waals surface area contributed by atoms with Gasteiger partial charge in [0.1, 0.15) is 5.82 Å². The Morgan fingerprint density at radius 3 is 2.77 bits per heavy atom. The molecule has 0 aliphatic carbocycles. The first-order chi connectivity index (χ1) is 12.5. The third-order valence-corrected chi connectivity index (χ3v) is 4.29. The van der Waals surface area contributed by atoms with Gasteiger partial charge in [-0.3, -0.25) is 4.79 Å². The zero-order valence-corrected chi connectivity index (χ0v) is 15.0. The van der Waals surface area contributed by atoms with Crippen molar-refractivity contribution >= 4 is 23.5 Å². The van der Waals surface area contributed by atoms with Gasteiger partial charge in [0.05, 0.1) is 28.2 Å². The van der Waals surface area contributed by atoms with E-state index in [-0.39, 0.29) is 16.1 Å². The number of ether oxygens (including phenoxy) is 1. The number of hydrogen-bond acceptors (Lipinski definition) is 5. The average Bonchev–Trinajstić information content (AvgIpc) is 2.63. The summed E-state index contributed by atoms with van der Waals surface area (Å²) in [5.41, 5.74) is 1.82. The second-order valence-electron chi connectivity index (χ2n) is 5.59. The summed E-state index contributed by atoms with van der Waals surface area (Å²) in [6.45, 7) is 2.59. The highest BCUT2D eigenvalue weighted by molar-refractivity contribution is 6.31. The standard InChI is InChI=1S/C18H18ClFN4O2/c1-3-21-14-10-23-18(26-2,16-12(19)5-4-6-13(16)20)24-17(14)11-7-8-15(25)22-9-11/h4-10,21,24H,3H2,1-2H3,(H,22,25). The highest BCUT2D eigenvalue weighted by Crippen LogP contribution is 2.36. The number of pyridine rings is 1. The molecule has 0 radical (unpaired) electrons. The number of halogens is 2. The van der Waals surface area contributed by atoms with Crippen LogP contribution in [0.1, 0.15) is 18.1 Å². The Morgan fingerprint density at radius 2 is 2.15 bits per heavy atom. The Labute approximate surface area is 154 Å². The maximum Gasteiger partial charge on any atom is 0.268 e. The molecule has 0 spiro atoms. The van der Waals surface area contributed by atoms with Crippen LogP contribution in [0.4, 0.5) is 4.39 Å². The van der Waals surface area contributed by atoms with Crippen LogP contribution in [0.5, 0.6) is 0 Å². The number of rotatable bonds is 5. The minimum absolute atomic E-state index is 0.0814. The van der Waals surface area contributed by atoms with Crippen LogP contribution >= 0.6 is 11.6 Å². The zero-order chi connectivity index (χ0) is 18.7. The van der Waals surface area contributed by atoms with Crippen LogP contribution in [0.2, 0.25) is 5.02 Å². The van der Waals surface area contributed by atoms with Gasteiger partial charge in [0.15, 0.2) is 0 Å². The van der Waals surface area contributed by atoms with Crippen molar-refractivity contribution in [1.29, 1.82) is 0 Å². The quantitative estimate of drug-likeness (QED) is 0.749. The molecule has 6 nitrogen and oxygen atoms in total. The van der Waals surface area contributed by atoms with Crippen LogP contribution in [0.25, 0.3) is 5.70 Å². The lowest BCUT2D eigenvalue weighted by Gasteiger charge is -2.36. The summed E-state index contributed by atoms with van der Waals surface area (Å²) in [5, 5.41) is 6.50. The Balaban J connectivity index is 2.14. The van der Waals surface area contributed by atoms with Crippen molar-refractivity contribution in [3.63, 3.8) is 0 Å². The lowest BCUT2D eigenvalue weighted by Crippen LogP contribution is -2.46. The van der Waals surface area contributed by atoms with E-state index >= 15 is 0 Å². The van der Waals surface area contributed by atoms with Crippen LogP contribution in [0.3, 0.4) is 0 Å². The first kappa shape index (κ1) is 18.2. The SMILES string of the molecule is CCNC1=C(c2ccc(=O)[nH]c2)NC(OC)(c2c(F)cccc2Cl)N=C1. The molecule has 3 rings (SSSR count). The molecule has 26 heavy (non-hydrogen) atoms. The van der Waals surface area contributed by atoms with E-state index in [0.29, 0.717) is 23.5 Å². The molecule has 0 saturated heterocycles. The van der Waals surface area contributed by atoms with Gasteiger partial charge >= 0.3 is 0 Å². The van der Waals surface area contributed by atoms with E-state index < -0.39 is 11.7 Å². The maximum atomic E-state index is 14.5. The Hall–Kier alpha value is -2.64. The van der Waals surface area contributed by atoms with Crippen molar-refractivity contribution in [2.24, 2.45) is 4.99 Å². The van der Waals surface area contributed by atoms with Crippen LogP contribution in [-0.4, -0.2) is 24.9 Å². The lowest BCUT2D eigenvalue weighted by molar-refractivity contribution is -0.0267. The molecule has 2 heterocycles. The molecule has 1 aliphatic heterocycles. The summed E-state index contributed by atoms with van der Waals surface area (Å²) in [6, 6.07) is 7.44. The number of hydrogen-bond donors (Lipinski definition) is 3. The first-order valence-corrected chi connectivity index (χ1v) is 8.39. The summed E-state index contributed by atoms with van der Waals surface area (Å²) >= 11 is 6.23. The van der Waals surface area contributed by atoms with Crippen molar-refractivity contribution in [2.75, 3.05) is 13.7 Å². The van der Waals surface area contributed by atoms with Gasteiger partial charge in [0.25, 0.3) is 5.85 Å². The second-order valence-corrected chi connectivity index (χ2v) is 6.00. The number of aromatic nitrogens is 1. The number of aromatic amines is 1. The fraction of sp³-hybridized carbons (Fsp3) is 0.222. The van der Waals surface area contributed by atoms with Gasteiger partial charge in [0, 0.05) is 31.5 Å². The summed E-state index contributed by atoms with van der Waals surface area (Å²) in [5.74, 6) is -2.08. The van der Waals surface area contributed by atoms with Crippen molar-refractivity contribution in [3.05, 3.63) is 74.5 Å². The predicted octanol–water partition coefficient (Wildman–Crippen LogP) is 2.58. The molecule has 136 valence electrons. The number of nitrogens with one attached hydrogen (secondary N) is 3. The van der Waals surface area contributed by atoms with Crippen LogP contribution in [-0.2, 0) is 10.6 Å². The fourth-order valence-electron chi connectivity index (χ4n) is 2.76. The maximum absolute atomic E-state index is 14.5. The highest BCUT2D eigenvalue weighted by Gasteiger charge is 2.39. The molecule has 0 saturated carbocycles. The summed E-state index contributed by atoms with van der Waals surface area (Å²) in [6.07, 6.45) is 3.12. The smallest absolute Gasteiger partial charge is 0.268 e. The Kier molecular flexibility index (Phi) is 5.11. The molecule has 1 aliphatic rings. The van der Waals surface area contributed by atoms with Gasteiger partial charge in [-0.2, -0.15) is 0 Å². The molecule has 1 aromatic carbocycles. The Morgan fingerprint density at radius 1 is 1.35 bits per heavy atom. The normalized spacial score (nSPS) is 19.4. The largest absolute Gasteiger partial charge is 0.382 e. The molecule has 0 fully saturated rings. The molecule has 8 heteroatoms. The van der Waals surface area contributed by atoms with Crippen molar-refractivity contribution in [2.45, 2.75) is 12.8 Å². The van der Waals surface area contributed by atoms with Crippen LogP contribution in [0, 0.1) is 5.82 Å². The van der Waals surface area contributed by atoms with Crippen molar-refractivity contribution in [3.8, 4) is 0 Å². The molecule has 2 aromatic rings. The summed E-state index contributed by atoms with van der Waals surface area (Å²) < 4.78 is 20.1. The van der Waals surface area contributed by atoms with Crippen LogP contribution < -0.4 is 16.2 Å². The van der Waals surface area contributed by atoms with Gasteiger partial charge in [-0.1, -0.05) is 17.7 Å². The third kappa shape index (κ3) is 3.23. The van der Waals surface area contributed by atoms with Crippen molar-refractivity contribution in [1.82, 2.24) is 15.6 Å². The minimum atomic E-state index is -1.53. The third-order valence-electron chi connectivity index (χ3n) is 3.98. The van der Waals surface area contributed by atoms with Gasteiger partial charge < -0.3 is 20.4 Å². The van der Waals surface area contributed by atoms with Gasteiger partial charge in [-0.25, -0.2) is 9.38 Å². The number of benzene rings is 1. The molecule has 1 aromatic heterocycles. The number of H-pyrrole nitrogens is 1.